The number of rotatable bonds is 4. The number of alkyl halides is 3. The van der Waals surface area contributed by atoms with Crippen molar-refractivity contribution in [2.75, 3.05) is 0 Å². The van der Waals surface area contributed by atoms with E-state index in [9.17, 15) is 18.0 Å². The van der Waals surface area contributed by atoms with E-state index in [1.807, 2.05) is 13.8 Å². The Morgan fingerprint density at radius 1 is 1.39 bits per heavy atom. The summed E-state index contributed by atoms with van der Waals surface area (Å²) in [5.74, 6) is 1.43. The van der Waals surface area contributed by atoms with Gasteiger partial charge in [0.1, 0.15) is 5.69 Å². The lowest BCUT2D eigenvalue weighted by atomic mass is 9.84. The molecule has 4 nitrogen and oxygen atoms in total. The summed E-state index contributed by atoms with van der Waals surface area (Å²) >= 11 is 6.05. The Morgan fingerprint density at radius 2 is 2.14 bits per heavy atom. The van der Waals surface area contributed by atoms with Gasteiger partial charge in [0, 0.05) is 12.2 Å². The van der Waals surface area contributed by atoms with Crippen molar-refractivity contribution in [2.24, 2.45) is 17.8 Å². The van der Waals surface area contributed by atoms with Crippen LogP contribution in [0.4, 0.5) is 13.2 Å². The van der Waals surface area contributed by atoms with Gasteiger partial charge in [-0.05, 0) is 56.4 Å². The lowest BCUT2D eigenvalue weighted by Gasteiger charge is -2.28. The molecule has 2 aliphatic carbocycles. The Labute approximate surface area is 166 Å². The average molecular weight is 414 g/mol. The normalized spacial score (nSPS) is 25.4. The molecular weight excluding hydrogens is 391 g/mol. The van der Waals surface area contributed by atoms with Crippen molar-refractivity contribution in [1.82, 2.24) is 14.7 Å². The summed E-state index contributed by atoms with van der Waals surface area (Å²) in [5.41, 5.74) is -0.149. The molecule has 28 heavy (non-hydrogen) atoms. The molecule has 0 spiro atoms. The van der Waals surface area contributed by atoms with E-state index in [2.05, 4.69) is 10.3 Å². The number of nitrogens with zero attached hydrogens (tertiary/aromatic N) is 2. The van der Waals surface area contributed by atoms with Gasteiger partial charge in [-0.3, -0.25) is 9.20 Å². The minimum atomic E-state index is -4.56. The number of carbonyl (C=O) groups excluding carboxylic acids is 1. The molecule has 2 aliphatic rings. The van der Waals surface area contributed by atoms with Crippen molar-refractivity contribution in [1.29, 1.82) is 0 Å². The number of halogens is 4. The van der Waals surface area contributed by atoms with Gasteiger partial charge in [-0.2, -0.15) is 13.2 Å². The zero-order valence-electron chi connectivity index (χ0n) is 15.8. The van der Waals surface area contributed by atoms with E-state index in [1.165, 1.54) is 23.7 Å². The minimum absolute atomic E-state index is 0.0284. The third-order valence-corrected chi connectivity index (χ3v) is 6.70. The first-order valence-electron chi connectivity index (χ1n) is 9.77. The number of fused-ring (bicyclic) bond motifs is 3. The third kappa shape index (κ3) is 3.27. The lowest BCUT2D eigenvalue weighted by molar-refractivity contribution is -0.137. The van der Waals surface area contributed by atoms with Crippen molar-refractivity contribution in [2.45, 2.75) is 58.2 Å². The standard InChI is InChI=1S/C20H23ClF3N3O/c1-3-16-17(19(28)25-10(2)14-7-11-4-5-12(14)6-11)27-9-13(20(22,23)24)8-15(21)18(27)26-16/h8-12,14H,3-7H2,1-2H3,(H,25,28). The highest BCUT2D eigenvalue weighted by atomic mass is 35.5. The summed E-state index contributed by atoms with van der Waals surface area (Å²) < 4.78 is 40.9. The second-order valence-electron chi connectivity index (χ2n) is 8.13. The molecule has 0 radical (unpaired) electrons. The molecule has 4 unspecified atom stereocenters. The van der Waals surface area contributed by atoms with Gasteiger partial charge in [0.05, 0.1) is 16.3 Å². The van der Waals surface area contributed by atoms with Gasteiger partial charge < -0.3 is 5.32 Å². The Kier molecular flexibility index (Phi) is 4.84. The summed E-state index contributed by atoms with van der Waals surface area (Å²) in [7, 11) is 0. The van der Waals surface area contributed by atoms with Gasteiger partial charge in [-0.15, -0.1) is 0 Å². The molecule has 2 fully saturated rings. The highest BCUT2D eigenvalue weighted by Gasteiger charge is 2.42. The van der Waals surface area contributed by atoms with Gasteiger partial charge in [0.25, 0.3) is 5.91 Å². The third-order valence-electron chi connectivity index (χ3n) is 6.42. The van der Waals surface area contributed by atoms with Crippen LogP contribution in [-0.4, -0.2) is 21.3 Å². The van der Waals surface area contributed by atoms with Crippen LogP contribution in [0.25, 0.3) is 5.65 Å². The van der Waals surface area contributed by atoms with Crippen LogP contribution in [0.5, 0.6) is 0 Å². The Bertz CT molecular complexity index is 924. The van der Waals surface area contributed by atoms with Crippen molar-refractivity contribution in [3.05, 3.63) is 34.2 Å². The van der Waals surface area contributed by atoms with E-state index in [0.29, 0.717) is 24.0 Å². The maximum atomic E-state index is 13.2. The molecule has 1 amide bonds. The van der Waals surface area contributed by atoms with Crippen LogP contribution in [-0.2, 0) is 12.6 Å². The molecular formula is C20H23ClF3N3O. The predicted octanol–water partition coefficient (Wildman–Crippen LogP) is 5.12. The van der Waals surface area contributed by atoms with E-state index in [0.717, 1.165) is 24.6 Å². The second kappa shape index (κ2) is 6.94. The molecule has 4 atom stereocenters. The monoisotopic (exact) mass is 413 g/mol. The minimum Gasteiger partial charge on any atom is -0.348 e. The second-order valence-corrected chi connectivity index (χ2v) is 8.54. The first kappa shape index (κ1) is 19.6. The molecule has 2 aromatic heterocycles. The predicted molar refractivity (Wildman–Crippen MR) is 100 cm³/mol. The van der Waals surface area contributed by atoms with Gasteiger partial charge in [0.2, 0.25) is 0 Å². The maximum Gasteiger partial charge on any atom is 0.417 e. The van der Waals surface area contributed by atoms with E-state index in [-0.39, 0.29) is 22.4 Å². The SMILES string of the molecule is CCc1nc2c(Cl)cc(C(F)(F)F)cn2c1C(=O)NC(C)C1CC2CCC1C2. The van der Waals surface area contributed by atoms with Crippen LogP contribution in [0.2, 0.25) is 5.02 Å². The zero-order valence-corrected chi connectivity index (χ0v) is 16.6. The number of hydrogen-bond acceptors (Lipinski definition) is 2. The number of aromatic nitrogens is 2. The molecule has 2 bridgehead atoms. The highest BCUT2D eigenvalue weighted by molar-refractivity contribution is 6.33. The Hall–Kier alpha value is -1.76. The topological polar surface area (TPSA) is 46.4 Å². The molecule has 0 aromatic carbocycles. The molecule has 2 heterocycles. The molecule has 2 saturated carbocycles. The maximum absolute atomic E-state index is 13.2. The van der Waals surface area contributed by atoms with Crippen molar-refractivity contribution in [3.63, 3.8) is 0 Å². The fraction of sp³-hybridized carbons (Fsp3) is 0.600. The molecule has 152 valence electrons. The number of pyridine rings is 1. The van der Waals surface area contributed by atoms with Gasteiger partial charge in [-0.25, -0.2) is 4.98 Å². The van der Waals surface area contributed by atoms with Crippen LogP contribution in [0.1, 0.15) is 61.3 Å². The van der Waals surface area contributed by atoms with E-state index in [1.54, 1.807) is 0 Å². The first-order chi connectivity index (χ1) is 13.2. The molecule has 1 N–H and O–H groups in total. The van der Waals surface area contributed by atoms with Crippen LogP contribution in [0, 0.1) is 17.8 Å². The smallest absolute Gasteiger partial charge is 0.348 e. The fourth-order valence-corrected chi connectivity index (χ4v) is 5.33. The quantitative estimate of drug-likeness (QED) is 0.755. The molecule has 0 aliphatic heterocycles. The number of hydrogen-bond donors (Lipinski definition) is 1. The lowest BCUT2D eigenvalue weighted by Crippen LogP contribution is -2.40. The van der Waals surface area contributed by atoms with Gasteiger partial charge in [-0.1, -0.05) is 24.9 Å². The number of nitrogens with one attached hydrogen (secondary N) is 1. The number of imidazole rings is 1. The van der Waals surface area contributed by atoms with Crippen LogP contribution in [0.15, 0.2) is 12.3 Å². The Balaban J connectivity index is 1.68. The summed E-state index contributed by atoms with van der Waals surface area (Å²) in [6, 6.07) is 0.822. The van der Waals surface area contributed by atoms with Gasteiger partial charge >= 0.3 is 6.18 Å². The summed E-state index contributed by atoms with van der Waals surface area (Å²) in [4.78, 5) is 17.4. The number of aryl methyl sites for hydroxylation is 1. The van der Waals surface area contributed by atoms with Crippen LogP contribution >= 0.6 is 11.6 Å². The molecule has 0 saturated heterocycles. The van der Waals surface area contributed by atoms with E-state index < -0.39 is 17.6 Å². The molecule has 2 aromatic rings. The Morgan fingerprint density at radius 3 is 2.71 bits per heavy atom. The van der Waals surface area contributed by atoms with Crippen LogP contribution in [0.3, 0.4) is 0 Å². The molecule has 8 heteroatoms. The summed E-state index contributed by atoms with van der Waals surface area (Å²) in [6.45, 7) is 3.81. The highest BCUT2D eigenvalue weighted by Crippen LogP contribution is 2.49. The average Bonchev–Trinajstić information content (AvgIpc) is 3.33. The van der Waals surface area contributed by atoms with E-state index >= 15 is 0 Å². The summed E-state index contributed by atoms with van der Waals surface area (Å²) in [5, 5.41) is 2.91. The van der Waals surface area contributed by atoms with Crippen LogP contribution < -0.4 is 5.32 Å². The summed E-state index contributed by atoms with van der Waals surface area (Å²) in [6.07, 6.45) is 1.59. The fourth-order valence-electron chi connectivity index (χ4n) is 5.08. The molecule has 4 rings (SSSR count). The van der Waals surface area contributed by atoms with Crippen molar-refractivity contribution >= 4 is 23.2 Å². The van der Waals surface area contributed by atoms with Gasteiger partial charge in [0.15, 0.2) is 5.65 Å². The first-order valence-corrected chi connectivity index (χ1v) is 10.1. The van der Waals surface area contributed by atoms with Crippen molar-refractivity contribution < 1.29 is 18.0 Å². The zero-order chi connectivity index (χ0) is 20.2. The van der Waals surface area contributed by atoms with Crippen molar-refractivity contribution in [3.8, 4) is 0 Å². The number of amides is 1. The van der Waals surface area contributed by atoms with E-state index in [4.69, 9.17) is 11.6 Å². The largest absolute Gasteiger partial charge is 0.417 e. The number of carbonyl (C=O) groups is 1.